The van der Waals surface area contributed by atoms with Gasteiger partial charge in [-0.2, -0.15) is 0 Å². The highest BCUT2D eigenvalue weighted by Gasteiger charge is 2.07. The SMILES string of the molecule is BrC1=CC=CC2=CC=CC=C1O2. The van der Waals surface area contributed by atoms with Gasteiger partial charge in [0.1, 0.15) is 11.5 Å². The third kappa shape index (κ3) is 1.43. The van der Waals surface area contributed by atoms with Crippen LogP contribution in [0.4, 0.5) is 0 Å². The maximum absolute atomic E-state index is 5.54. The first-order valence-electron chi connectivity index (χ1n) is 3.67. The highest BCUT2D eigenvalue weighted by molar-refractivity contribution is 9.11. The van der Waals surface area contributed by atoms with Gasteiger partial charge in [0, 0.05) is 0 Å². The van der Waals surface area contributed by atoms with Crippen LogP contribution in [-0.4, -0.2) is 0 Å². The summed E-state index contributed by atoms with van der Waals surface area (Å²) in [7, 11) is 0. The lowest BCUT2D eigenvalue weighted by Gasteiger charge is -2.05. The molecule has 0 N–H and O–H groups in total. The van der Waals surface area contributed by atoms with Crippen LogP contribution < -0.4 is 0 Å². The lowest BCUT2D eigenvalue weighted by atomic mass is 10.3. The van der Waals surface area contributed by atoms with Crippen molar-refractivity contribution in [3.63, 3.8) is 0 Å². The lowest BCUT2D eigenvalue weighted by molar-refractivity contribution is 0.337. The molecule has 0 atom stereocenters. The number of rotatable bonds is 0. The van der Waals surface area contributed by atoms with E-state index in [1.165, 1.54) is 0 Å². The molecule has 0 spiro atoms. The summed E-state index contributed by atoms with van der Waals surface area (Å²) in [4.78, 5) is 0. The van der Waals surface area contributed by atoms with Crippen molar-refractivity contribution in [2.24, 2.45) is 0 Å². The molecule has 2 aliphatic rings. The molecule has 0 saturated carbocycles. The van der Waals surface area contributed by atoms with Crippen LogP contribution in [0.25, 0.3) is 0 Å². The molecule has 60 valence electrons. The predicted molar refractivity (Wildman–Crippen MR) is 52.5 cm³/mol. The average Bonchev–Trinajstić information content (AvgIpc) is 2.38. The van der Waals surface area contributed by atoms with E-state index in [0.717, 1.165) is 16.0 Å². The second-order valence-electron chi connectivity index (χ2n) is 2.46. The summed E-state index contributed by atoms with van der Waals surface area (Å²) in [6, 6.07) is 0. The Kier molecular flexibility index (Phi) is 2.00. The number of halogens is 1. The van der Waals surface area contributed by atoms with Gasteiger partial charge in [0.25, 0.3) is 0 Å². The van der Waals surface area contributed by atoms with Crippen LogP contribution in [0.1, 0.15) is 0 Å². The fourth-order valence-corrected chi connectivity index (χ4v) is 1.38. The van der Waals surface area contributed by atoms with E-state index in [0.29, 0.717) is 0 Å². The quantitative estimate of drug-likeness (QED) is 0.612. The van der Waals surface area contributed by atoms with Gasteiger partial charge in [-0.15, -0.1) is 0 Å². The Balaban J connectivity index is 2.49. The fourth-order valence-electron chi connectivity index (χ4n) is 1.02. The highest BCUT2D eigenvalue weighted by atomic mass is 79.9. The van der Waals surface area contributed by atoms with Crippen LogP contribution in [0.5, 0.6) is 0 Å². The summed E-state index contributed by atoms with van der Waals surface area (Å²) in [5.74, 6) is 1.71. The van der Waals surface area contributed by atoms with Gasteiger partial charge in [-0.3, -0.25) is 0 Å². The van der Waals surface area contributed by atoms with E-state index in [1.54, 1.807) is 0 Å². The Bertz CT molecular complexity index is 343. The molecule has 2 heterocycles. The van der Waals surface area contributed by atoms with E-state index >= 15 is 0 Å². The molecule has 2 heteroatoms. The number of hydrogen-bond acceptors (Lipinski definition) is 1. The minimum atomic E-state index is 0.847. The lowest BCUT2D eigenvalue weighted by Crippen LogP contribution is -1.87. The molecule has 0 radical (unpaired) electrons. The Labute approximate surface area is 79.5 Å². The van der Waals surface area contributed by atoms with Crippen LogP contribution in [0.2, 0.25) is 0 Å². The van der Waals surface area contributed by atoms with Crippen molar-refractivity contribution >= 4 is 15.9 Å². The summed E-state index contributed by atoms with van der Waals surface area (Å²) >= 11 is 3.42. The zero-order chi connectivity index (χ0) is 8.39. The maximum Gasteiger partial charge on any atom is 0.141 e. The zero-order valence-corrected chi connectivity index (χ0v) is 7.91. The van der Waals surface area contributed by atoms with Crippen LogP contribution in [0, 0.1) is 0 Å². The minimum absolute atomic E-state index is 0.847. The highest BCUT2D eigenvalue weighted by Crippen LogP contribution is 2.26. The van der Waals surface area contributed by atoms with Gasteiger partial charge in [0.15, 0.2) is 0 Å². The van der Waals surface area contributed by atoms with Crippen molar-refractivity contribution in [2.75, 3.05) is 0 Å². The molecule has 0 aliphatic carbocycles. The molecule has 0 amide bonds. The average molecular weight is 223 g/mol. The summed E-state index contributed by atoms with van der Waals surface area (Å²) in [6.07, 6.45) is 13.6. The van der Waals surface area contributed by atoms with Crippen molar-refractivity contribution < 1.29 is 4.74 Å². The minimum Gasteiger partial charge on any atom is -0.456 e. The second kappa shape index (κ2) is 3.15. The molecule has 2 aliphatic heterocycles. The smallest absolute Gasteiger partial charge is 0.141 e. The number of allylic oxidation sites excluding steroid dienone is 8. The van der Waals surface area contributed by atoms with E-state index in [1.807, 2.05) is 42.5 Å². The Morgan fingerprint density at radius 3 is 2.75 bits per heavy atom. The van der Waals surface area contributed by atoms with Gasteiger partial charge in [-0.25, -0.2) is 0 Å². The first kappa shape index (κ1) is 7.62. The van der Waals surface area contributed by atoms with Crippen molar-refractivity contribution in [1.29, 1.82) is 0 Å². The summed E-state index contributed by atoms with van der Waals surface area (Å²) in [5, 5.41) is 0. The van der Waals surface area contributed by atoms with E-state index in [9.17, 15) is 0 Å². The third-order valence-electron chi connectivity index (χ3n) is 1.59. The molecule has 0 fully saturated rings. The van der Waals surface area contributed by atoms with Gasteiger partial charge in [-0.05, 0) is 40.2 Å². The van der Waals surface area contributed by atoms with Crippen molar-refractivity contribution in [2.45, 2.75) is 0 Å². The van der Waals surface area contributed by atoms with Gasteiger partial charge in [0.05, 0.1) is 4.48 Å². The van der Waals surface area contributed by atoms with Crippen LogP contribution >= 0.6 is 15.9 Å². The molecule has 12 heavy (non-hydrogen) atoms. The monoisotopic (exact) mass is 222 g/mol. The Morgan fingerprint density at radius 2 is 1.83 bits per heavy atom. The Hall–Kier alpha value is -1.02. The molecule has 2 bridgehead atoms. The second-order valence-corrected chi connectivity index (χ2v) is 3.31. The predicted octanol–water partition coefficient (Wildman–Crippen LogP) is 3.19. The molecule has 0 aromatic rings. The molecule has 0 saturated heterocycles. The van der Waals surface area contributed by atoms with Crippen LogP contribution in [0.15, 0.2) is 58.5 Å². The fraction of sp³-hybridized carbons (Fsp3) is 0. The largest absolute Gasteiger partial charge is 0.456 e. The van der Waals surface area contributed by atoms with E-state index in [-0.39, 0.29) is 0 Å². The first-order chi connectivity index (χ1) is 5.86. The zero-order valence-electron chi connectivity index (χ0n) is 6.33. The summed E-state index contributed by atoms with van der Waals surface area (Å²) in [6.45, 7) is 0. The van der Waals surface area contributed by atoms with Crippen LogP contribution in [0.3, 0.4) is 0 Å². The molecule has 0 aromatic carbocycles. The Morgan fingerprint density at radius 1 is 1.00 bits per heavy atom. The van der Waals surface area contributed by atoms with Crippen LogP contribution in [-0.2, 0) is 4.74 Å². The molecule has 1 nitrogen and oxygen atoms in total. The number of fused-ring (bicyclic) bond motifs is 2. The van der Waals surface area contributed by atoms with E-state index in [4.69, 9.17) is 4.74 Å². The molecule has 0 aromatic heterocycles. The summed E-state index contributed by atoms with van der Waals surface area (Å²) in [5.41, 5.74) is 0. The molecule has 2 rings (SSSR count). The molecular weight excluding hydrogens is 216 g/mol. The molecular formula is C10H7BrO. The molecule has 0 unspecified atom stereocenters. The standard InChI is InChI=1S/C10H7BrO/c11-9-6-3-5-8-4-1-2-7-10(9)12-8/h1-7H. The first-order valence-corrected chi connectivity index (χ1v) is 4.46. The number of hydrogen-bond donors (Lipinski definition) is 0. The van der Waals surface area contributed by atoms with E-state index in [2.05, 4.69) is 15.9 Å². The summed E-state index contributed by atoms with van der Waals surface area (Å²) < 4.78 is 6.51. The topological polar surface area (TPSA) is 9.23 Å². The normalized spacial score (nSPS) is 19.9. The van der Waals surface area contributed by atoms with Gasteiger partial charge < -0.3 is 4.74 Å². The van der Waals surface area contributed by atoms with Gasteiger partial charge in [0.2, 0.25) is 0 Å². The van der Waals surface area contributed by atoms with Gasteiger partial charge >= 0.3 is 0 Å². The third-order valence-corrected chi connectivity index (χ3v) is 2.24. The van der Waals surface area contributed by atoms with Crippen molar-refractivity contribution in [3.8, 4) is 0 Å². The van der Waals surface area contributed by atoms with Crippen molar-refractivity contribution in [1.82, 2.24) is 0 Å². The van der Waals surface area contributed by atoms with Gasteiger partial charge in [-0.1, -0.05) is 18.2 Å². The van der Waals surface area contributed by atoms with Crippen molar-refractivity contribution in [3.05, 3.63) is 58.5 Å². The van der Waals surface area contributed by atoms with E-state index < -0.39 is 0 Å². The number of ether oxygens (including phenoxy) is 1. The maximum atomic E-state index is 5.54.